The van der Waals surface area contributed by atoms with Crippen LogP contribution < -0.4 is 10.6 Å². The third-order valence-electron chi connectivity index (χ3n) is 5.03. The van der Waals surface area contributed by atoms with Crippen molar-refractivity contribution in [1.29, 1.82) is 0 Å². The summed E-state index contributed by atoms with van der Waals surface area (Å²) in [6.07, 6.45) is 2.06. The van der Waals surface area contributed by atoms with E-state index in [1.165, 1.54) is 0 Å². The highest BCUT2D eigenvalue weighted by molar-refractivity contribution is 5.85. The smallest absolute Gasteiger partial charge is 0.168 e. The van der Waals surface area contributed by atoms with Crippen LogP contribution in [0.15, 0.2) is 24.3 Å². The maximum absolute atomic E-state index is 13.8. The van der Waals surface area contributed by atoms with E-state index < -0.39 is 17.5 Å². The summed E-state index contributed by atoms with van der Waals surface area (Å²) in [5.74, 6) is -1.35. The lowest BCUT2D eigenvalue weighted by Gasteiger charge is -2.18. The Morgan fingerprint density at radius 1 is 1.00 bits per heavy atom. The highest BCUT2D eigenvalue weighted by Crippen LogP contribution is 2.38. The van der Waals surface area contributed by atoms with Gasteiger partial charge in [0.25, 0.3) is 0 Å². The Morgan fingerprint density at radius 3 is 2.28 bits per heavy atom. The van der Waals surface area contributed by atoms with E-state index >= 15 is 0 Å². The number of nitrogens with two attached hydrogens (primary N) is 1. The maximum Gasteiger partial charge on any atom is 0.168 e. The van der Waals surface area contributed by atoms with Crippen molar-refractivity contribution in [2.45, 2.75) is 18.9 Å². The predicted octanol–water partition coefficient (Wildman–Crippen LogP) is 3.16. The van der Waals surface area contributed by atoms with Gasteiger partial charge in [0, 0.05) is 30.8 Å². The summed E-state index contributed by atoms with van der Waals surface area (Å²) >= 11 is 0. The van der Waals surface area contributed by atoms with Crippen LogP contribution in [0.25, 0.3) is 11.3 Å². The monoisotopic (exact) mass is 370 g/mol. The summed E-state index contributed by atoms with van der Waals surface area (Å²) in [5, 5.41) is 8.07. The van der Waals surface area contributed by atoms with Gasteiger partial charge in [-0.05, 0) is 42.9 Å². The first-order valence-electron chi connectivity index (χ1n) is 8.00. The first-order valence-corrected chi connectivity index (χ1v) is 8.00. The molecule has 0 spiro atoms. The third-order valence-corrected chi connectivity index (χ3v) is 5.03. The zero-order valence-electron chi connectivity index (χ0n) is 13.3. The number of halogens is 4. The highest BCUT2D eigenvalue weighted by atomic mass is 35.5. The predicted molar refractivity (Wildman–Crippen MR) is 91.0 cm³/mol. The molecule has 8 heteroatoms. The molecule has 0 bridgehead atoms. The maximum atomic E-state index is 13.8. The number of rotatable bonds is 2. The number of hydrogen-bond donors (Lipinski definition) is 1. The number of fused-ring (bicyclic) bond motifs is 1. The molecule has 1 aromatic carbocycles. The normalized spacial score (nSPS) is 22.8. The first kappa shape index (κ1) is 17.9. The van der Waals surface area contributed by atoms with Gasteiger partial charge in [0.15, 0.2) is 17.5 Å². The highest BCUT2D eigenvalue weighted by Gasteiger charge is 2.40. The van der Waals surface area contributed by atoms with Crippen LogP contribution in [0.5, 0.6) is 0 Å². The molecule has 4 nitrogen and oxygen atoms in total. The van der Waals surface area contributed by atoms with Gasteiger partial charge in [-0.3, -0.25) is 0 Å². The van der Waals surface area contributed by atoms with Crippen LogP contribution in [0.3, 0.4) is 0 Å². The second-order valence-electron chi connectivity index (χ2n) is 6.68. The molecule has 0 amide bonds. The van der Waals surface area contributed by atoms with Crippen molar-refractivity contribution in [3.63, 3.8) is 0 Å². The number of nitrogens with zero attached hydrogens (tertiary/aromatic N) is 3. The molecule has 2 fully saturated rings. The second kappa shape index (κ2) is 6.80. The molecule has 2 N–H and O–H groups in total. The fourth-order valence-electron chi connectivity index (χ4n) is 3.91. The molecule has 4 rings (SSSR count). The number of benzene rings is 1. The minimum Gasteiger partial charge on any atom is -0.355 e. The zero-order chi connectivity index (χ0) is 16.8. The van der Waals surface area contributed by atoms with Crippen molar-refractivity contribution in [2.24, 2.45) is 17.6 Å². The van der Waals surface area contributed by atoms with Crippen molar-refractivity contribution in [3.8, 4) is 11.3 Å². The van der Waals surface area contributed by atoms with Crippen LogP contribution in [-0.4, -0.2) is 29.3 Å². The van der Waals surface area contributed by atoms with Gasteiger partial charge in [0.05, 0.1) is 5.69 Å². The van der Waals surface area contributed by atoms with E-state index in [2.05, 4.69) is 15.1 Å². The van der Waals surface area contributed by atoms with Gasteiger partial charge in [-0.1, -0.05) is 0 Å². The van der Waals surface area contributed by atoms with E-state index in [4.69, 9.17) is 5.73 Å². The van der Waals surface area contributed by atoms with Gasteiger partial charge < -0.3 is 10.6 Å². The quantitative estimate of drug-likeness (QED) is 0.825. The first-order chi connectivity index (χ1) is 11.5. The molecular formula is C17H18ClF3N4. The summed E-state index contributed by atoms with van der Waals surface area (Å²) in [7, 11) is 0. The van der Waals surface area contributed by atoms with Gasteiger partial charge in [0.2, 0.25) is 0 Å². The van der Waals surface area contributed by atoms with E-state index in [1.807, 2.05) is 0 Å². The van der Waals surface area contributed by atoms with E-state index in [9.17, 15) is 13.2 Å². The number of hydrogen-bond acceptors (Lipinski definition) is 4. The number of anilines is 1. The van der Waals surface area contributed by atoms with Crippen LogP contribution in [0.1, 0.15) is 12.8 Å². The standard InChI is InChI=1S/C17H17F3N4.ClH/c18-11-5-13(17(20)14(19)6-11)15-1-2-16(23-22-15)24-7-9-3-12(21)4-10(9)8-24;/h1-2,5-6,9-10,12H,3-4,7-8,21H2;1H/t9-,10-;/m1./s1. The lowest BCUT2D eigenvalue weighted by molar-refractivity contribution is 0.494. The summed E-state index contributed by atoms with van der Waals surface area (Å²) in [5.41, 5.74) is 5.87. The minimum atomic E-state index is -1.24. The fourth-order valence-corrected chi connectivity index (χ4v) is 3.91. The Kier molecular flexibility index (Phi) is 4.88. The summed E-state index contributed by atoms with van der Waals surface area (Å²) in [6, 6.07) is 4.98. The van der Waals surface area contributed by atoms with Crippen LogP contribution >= 0.6 is 12.4 Å². The van der Waals surface area contributed by atoms with Crippen LogP contribution in [0.4, 0.5) is 19.0 Å². The van der Waals surface area contributed by atoms with Gasteiger partial charge >= 0.3 is 0 Å². The molecule has 1 aliphatic carbocycles. The zero-order valence-corrected chi connectivity index (χ0v) is 14.1. The van der Waals surface area contributed by atoms with E-state index in [0.717, 1.165) is 32.0 Å². The molecule has 2 atom stereocenters. The van der Waals surface area contributed by atoms with E-state index in [0.29, 0.717) is 29.8 Å². The molecule has 0 radical (unpaired) electrons. The van der Waals surface area contributed by atoms with Crippen molar-refractivity contribution in [2.75, 3.05) is 18.0 Å². The van der Waals surface area contributed by atoms with Crippen LogP contribution in [0, 0.1) is 29.3 Å². The van der Waals surface area contributed by atoms with Crippen LogP contribution in [0.2, 0.25) is 0 Å². The number of aromatic nitrogens is 2. The SMILES string of the molecule is Cl.NC1C[C@@H]2CN(c3ccc(-c4cc(F)cc(F)c4F)nn3)C[C@H]2C1. The lowest BCUT2D eigenvalue weighted by Crippen LogP contribution is -2.26. The minimum absolute atomic E-state index is 0. The van der Waals surface area contributed by atoms with Gasteiger partial charge in [0.1, 0.15) is 5.82 Å². The largest absolute Gasteiger partial charge is 0.355 e. The van der Waals surface area contributed by atoms with Gasteiger partial charge in [-0.25, -0.2) is 13.2 Å². The Balaban J connectivity index is 0.00000182. The van der Waals surface area contributed by atoms with Crippen molar-refractivity contribution in [3.05, 3.63) is 41.7 Å². The third kappa shape index (κ3) is 3.30. The molecule has 134 valence electrons. The van der Waals surface area contributed by atoms with Gasteiger partial charge in [-0.15, -0.1) is 22.6 Å². The Hall–Kier alpha value is -1.86. The Labute approximate surface area is 149 Å². The molecule has 1 saturated carbocycles. The fraction of sp³-hybridized carbons (Fsp3) is 0.412. The molecule has 1 saturated heterocycles. The molecule has 0 unspecified atom stereocenters. The summed E-state index contributed by atoms with van der Waals surface area (Å²) in [4.78, 5) is 2.14. The Bertz CT molecular complexity index is 757. The molecule has 2 aromatic rings. The van der Waals surface area contributed by atoms with Crippen molar-refractivity contribution >= 4 is 18.2 Å². The summed E-state index contributed by atoms with van der Waals surface area (Å²) < 4.78 is 40.5. The molecule has 2 aliphatic rings. The van der Waals surface area contributed by atoms with Crippen LogP contribution in [-0.2, 0) is 0 Å². The topological polar surface area (TPSA) is 55.0 Å². The molecule has 2 heterocycles. The van der Waals surface area contributed by atoms with Crippen molar-refractivity contribution < 1.29 is 13.2 Å². The van der Waals surface area contributed by atoms with E-state index in [1.54, 1.807) is 12.1 Å². The molecule has 1 aromatic heterocycles. The average Bonchev–Trinajstić information content (AvgIpc) is 3.08. The average molecular weight is 371 g/mol. The lowest BCUT2D eigenvalue weighted by atomic mass is 10.0. The van der Waals surface area contributed by atoms with Crippen molar-refractivity contribution in [1.82, 2.24) is 10.2 Å². The molecule has 1 aliphatic heterocycles. The van der Waals surface area contributed by atoms with E-state index in [-0.39, 0.29) is 23.7 Å². The summed E-state index contributed by atoms with van der Waals surface area (Å²) in [6.45, 7) is 1.77. The molecular weight excluding hydrogens is 353 g/mol. The van der Waals surface area contributed by atoms with Gasteiger partial charge in [-0.2, -0.15) is 0 Å². The second-order valence-corrected chi connectivity index (χ2v) is 6.68. The Morgan fingerprint density at radius 2 is 1.68 bits per heavy atom. The molecule has 25 heavy (non-hydrogen) atoms.